The zero-order valence-corrected chi connectivity index (χ0v) is 13.2. The van der Waals surface area contributed by atoms with Crippen molar-refractivity contribution in [3.05, 3.63) is 22.8 Å². The van der Waals surface area contributed by atoms with E-state index in [1.54, 1.807) is 0 Å². The topological polar surface area (TPSA) is 37.8 Å². The first-order chi connectivity index (χ1) is 8.78. The standard InChI is InChI=1S/C16H27N3/c1-10-9-14(10)15-18-11(2)13(12(3)19-15)7-8-17-16(4,5)6/h10,14,17H,7-9H2,1-6H3. The average molecular weight is 261 g/mol. The summed E-state index contributed by atoms with van der Waals surface area (Å²) in [6, 6.07) is 0. The zero-order valence-electron chi connectivity index (χ0n) is 13.2. The van der Waals surface area contributed by atoms with Crippen molar-refractivity contribution in [1.29, 1.82) is 0 Å². The van der Waals surface area contributed by atoms with Crippen molar-refractivity contribution in [2.24, 2.45) is 5.92 Å². The summed E-state index contributed by atoms with van der Waals surface area (Å²) in [6.45, 7) is 14.1. The molecular weight excluding hydrogens is 234 g/mol. The van der Waals surface area contributed by atoms with Crippen molar-refractivity contribution in [2.45, 2.75) is 65.8 Å². The lowest BCUT2D eigenvalue weighted by Gasteiger charge is -2.21. The van der Waals surface area contributed by atoms with Gasteiger partial charge in [-0.1, -0.05) is 6.92 Å². The van der Waals surface area contributed by atoms with Gasteiger partial charge in [0, 0.05) is 22.8 Å². The number of rotatable bonds is 4. The highest BCUT2D eigenvalue weighted by Crippen LogP contribution is 2.45. The summed E-state index contributed by atoms with van der Waals surface area (Å²) >= 11 is 0. The Balaban J connectivity index is 2.05. The number of nitrogens with one attached hydrogen (secondary N) is 1. The molecule has 0 aromatic carbocycles. The number of hydrogen-bond acceptors (Lipinski definition) is 3. The Morgan fingerprint density at radius 2 is 1.68 bits per heavy atom. The molecule has 1 saturated carbocycles. The zero-order chi connectivity index (χ0) is 14.2. The van der Waals surface area contributed by atoms with E-state index in [9.17, 15) is 0 Å². The van der Waals surface area contributed by atoms with Crippen LogP contribution in [-0.4, -0.2) is 22.1 Å². The second-order valence-electron chi connectivity index (χ2n) is 6.98. The van der Waals surface area contributed by atoms with Crippen molar-refractivity contribution in [3.63, 3.8) is 0 Å². The Kier molecular flexibility index (Phi) is 3.95. The molecule has 0 amide bonds. The van der Waals surface area contributed by atoms with Gasteiger partial charge < -0.3 is 5.32 Å². The van der Waals surface area contributed by atoms with Crippen molar-refractivity contribution < 1.29 is 0 Å². The third-order valence-corrected chi connectivity index (χ3v) is 3.91. The third-order valence-electron chi connectivity index (χ3n) is 3.91. The van der Waals surface area contributed by atoms with Crippen molar-refractivity contribution >= 4 is 0 Å². The maximum Gasteiger partial charge on any atom is 0.132 e. The molecule has 1 N–H and O–H groups in total. The fourth-order valence-electron chi connectivity index (χ4n) is 2.54. The largest absolute Gasteiger partial charge is 0.312 e. The van der Waals surface area contributed by atoms with Crippen LogP contribution in [0.15, 0.2) is 0 Å². The molecule has 106 valence electrons. The van der Waals surface area contributed by atoms with Gasteiger partial charge in [0.1, 0.15) is 5.82 Å². The fraction of sp³-hybridized carbons (Fsp3) is 0.750. The van der Waals surface area contributed by atoms with Gasteiger partial charge >= 0.3 is 0 Å². The molecular formula is C16H27N3. The van der Waals surface area contributed by atoms with Crippen LogP contribution in [0.25, 0.3) is 0 Å². The van der Waals surface area contributed by atoms with E-state index >= 15 is 0 Å². The second-order valence-corrected chi connectivity index (χ2v) is 6.98. The molecule has 19 heavy (non-hydrogen) atoms. The van der Waals surface area contributed by atoms with Gasteiger partial charge in [-0.25, -0.2) is 9.97 Å². The van der Waals surface area contributed by atoms with E-state index in [0.717, 1.165) is 36.1 Å². The minimum Gasteiger partial charge on any atom is -0.312 e. The Morgan fingerprint density at radius 1 is 1.16 bits per heavy atom. The Labute approximate surface area is 117 Å². The Bertz CT molecular complexity index is 437. The maximum atomic E-state index is 4.72. The molecule has 3 nitrogen and oxygen atoms in total. The van der Waals surface area contributed by atoms with E-state index in [-0.39, 0.29) is 5.54 Å². The molecule has 1 aromatic heterocycles. The van der Waals surface area contributed by atoms with E-state index in [1.807, 2.05) is 0 Å². The molecule has 1 heterocycles. The monoisotopic (exact) mass is 261 g/mol. The predicted molar refractivity (Wildman–Crippen MR) is 79.5 cm³/mol. The number of aromatic nitrogens is 2. The Morgan fingerprint density at radius 3 is 2.11 bits per heavy atom. The van der Waals surface area contributed by atoms with Crippen LogP contribution in [0.1, 0.15) is 62.8 Å². The number of hydrogen-bond donors (Lipinski definition) is 1. The van der Waals surface area contributed by atoms with Crippen molar-refractivity contribution in [2.75, 3.05) is 6.54 Å². The molecule has 2 unspecified atom stereocenters. The quantitative estimate of drug-likeness (QED) is 0.904. The number of nitrogens with zero attached hydrogens (tertiary/aromatic N) is 2. The molecule has 2 atom stereocenters. The van der Waals surface area contributed by atoms with E-state index in [4.69, 9.17) is 9.97 Å². The lowest BCUT2D eigenvalue weighted by Crippen LogP contribution is -2.37. The summed E-state index contributed by atoms with van der Waals surface area (Å²) in [4.78, 5) is 9.45. The molecule has 3 heteroatoms. The lowest BCUT2D eigenvalue weighted by molar-refractivity contribution is 0.429. The van der Waals surface area contributed by atoms with Gasteiger partial charge in [0.2, 0.25) is 0 Å². The van der Waals surface area contributed by atoms with Gasteiger partial charge in [0.15, 0.2) is 0 Å². The summed E-state index contributed by atoms with van der Waals surface area (Å²) in [6.07, 6.45) is 2.26. The van der Waals surface area contributed by atoms with Crippen molar-refractivity contribution in [3.8, 4) is 0 Å². The molecule has 0 aliphatic heterocycles. The van der Waals surface area contributed by atoms with Crippen LogP contribution in [0.4, 0.5) is 0 Å². The molecule has 1 aliphatic carbocycles. The molecule has 0 radical (unpaired) electrons. The molecule has 0 spiro atoms. The van der Waals surface area contributed by atoms with Gasteiger partial charge in [-0.2, -0.15) is 0 Å². The molecule has 2 rings (SSSR count). The van der Waals surface area contributed by atoms with Gasteiger partial charge in [-0.05, 0) is 65.5 Å². The summed E-state index contributed by atoms with van der Waals surface area (Å²) in [7, 11) is 0. The smallest absolute Gasteiger partial charge is 0.132 e. The minimum absolute atomic E-state index is 0.173. The fourth-order valence-corrected chi connectivity index (χ4v) is 2.54. The summed E-state index contributed by atoms with van der Waals surface area (Å²) in [5, 5.41) is 3.53. The highest BCUT2D eigenvalue weighted by Gasteiger charge is 2.36. The highest BCUT2D eigenvalue weighted by atomic mass is 14.9. The first-order valence-electron chi connectivity index (χ1n) is 7.37. The van der Waals surface area contributed by atoms with Crippen LogP contribution in [0, 0.1) is 19.8 Å². The molecule has 1 aliphatic rings. The highest BCUT2D eigenvalue weighted by molar-refractivity contribution is 5.27. The maximum absolute atomic E-state index is 4.72. The minimum atomic E-state index is 0.173. The second kappa shape index (κ2) is 5.20. The predicted octanol–water partition coefficient (Wildman–Crippen LogP) is 3.15. The van der Waals surface area contributed by atoms with E-state index < -0.39 is 0 Å². The Hall–Kier alpha value is -0.960. The van der Waals surface area contributed by atoms with Crippen LogP contribution in [-0.2, 0) is 6.42 Å². The van der Waals surface area contributed by atoms with Crippen LogP contribution in [0.3, 0.4) is 0 Å². The average Bonchev–Trinajstić information content (AvgIpc) is 2.98. The summed E-state index contributed by atoms with van der Waals surface area (Å²) in [5.74, 6) is 2.45. The first kappa shape index (κ1) is 14.4. The van der Waals surface area contributed by atoms with E-state index in [1.165, 1.54) is 12.0 Å². The molecule has 0 saturated heterocycles. The van der Waals surface area contributed by atoms with Crippen LogP contribution in [0.5, 0.6) is 0 Å². The van der Waals surface area contributed by atoms with Crippen LogP contribution < -0.4 is 5.32 Å². The molecule has 1 aromatic rings. The lowest BCUT2D eigenvalue weighted by atomic mass is 10.1. The van der Waals surface area contributed by atoms with Crippen molar-refractivity contribution in [1.82, 2.24) is 15.3 Å². The van der Waals surface area contributed by atoms with E-state index in [0.29, 0.717) is 5.92 Å². The van der Waals surface area contributed by atoms with Gasteiger partial charge in [0.05, 0.1) is 0 Å². The van der Waals surface area contributed by atoms with Gasteiger partial charge in [-0.15, -0.1) is 0 Å². The van der Waals surface area contributed by atoms with Gasteiger partial charge in [-0.3, -0.25) is 0 Å². The van der Waals surface area contributed by atoms with Gasteiger partial charge in [0.25, 0.3) is 0 Å². The normalized spacial score (nSPS) is 22.6. The van der Waals surface area contributed by atoms with Crippen LogP contribution in [0.2, 0.25) is 0 Å². The summed E-state index contributed by atoms with van der Waals surface area (Å²) < 4.78 is 0. The van der Waals surface area contributed by atoms with E-state index in [2.05, 4.69) is 46.9 Å². The molecule has 0 bridgehead atoms. The van der Waals surface area contributed by atoms with Crippen LogP contribution >= 0.6 is 0 Å². The molecule has 1 fully saturated rings. The first-order valence-corrected chi connectivity index (χ1v) is 7.37. The third kappa shape index (κ3) is 3.75. The number of aryl methyl sites for hydroxylation is 2. The SMILES string of the molecule is Cc1nc(C2CC2C)nc(C)c1CCNC(C)(C)C. The summed E-state index contributed by atoms with van der Waals surface area (Å²) in [5.41, 5.74) is 3.81.